The fourth-order valence-corrected chi connectivity index (χ4v) is 2.14. The second-order valence-electron chi connectivity index (χ2n) is 4.53. The number of ether oxygens (including phenoxy) is 1. The van der Waals surface area contributed by atoms with Gasteiger partial charge in [0.2, 0.25) is 0 Å². The van der Waals surface area contributed by atoms with E-state index in [0.29, 0.717) is 37.5 Å². The van der Waals surface area contributed by atoms with E-state index in [1.54, 1.807) is 30.3 Å². The van der Waals surface area contributed by atoms with Crippen molar-refractivity contribution in [3.05, 3.63) is 18.3 Å². The van der Waals surface area contributed by atoms with E-state index >= 15 is 0 Å². The number of hydrogen-bond acceptors (Lipinski definition) is 3. The summed E-state index contributed by atoms with van der Waals surface area (Å²) in [6.07, 6.45) is 1.62. The van der Waals surface area contributed by atoms with E-state index in [1.165, 1.54) is 12.0 Å². The molecule has 6 heteroatoms. The number of carbonyl (C=O) groups is 1. The summed E-state index contributed by atoms with van der Waals surface area (Å²) in [4.78, 5) is 19.6. The summed E-state index contributed by atoms with van der Waals surface area (Å²) in [7, 11) is 3.18. The number of pyridine rings is 1. The molecular formula is C13H18FN3O2. The monoisotopic (exact) mass is 267 g/mol. The molecule has 2 heterocycles. The fourth-order valence-electron chi connectivity index (χ4n) is 2.14. The third kappa shape index (κ3) is 2.94. The number of hydrogen-bond donors (Lipinski definition) is 0. The van der Waals surface area contributed by atoms with Crippen molar-refractivity contribution in [1.29, 1.82) is 0 Å². The predicted octanol–water partition coefficient (Wildman–Crippen LogP) is 2.08. The lowest BCUT2D eigenvalue weighted by atomic mass is 10.1. The Labute approximate surface area is 112 Å². The van der Waals surface area contributed by atoms with Crippen molar-refractivity contribution in [3.8, 4) is 5.75 Å². The van der Waals surface area contributed by atoms with Crippen LogP contribution in [0.3, 0.4) is 0 Å². The van der Waals surface area contributed by atoms with Gasteiger partial charge in [-0.2, -0.15) is 0 Å². The highest BCUT2D eigenvalue weighted by molar-refractivity contribution is 5.91. The number of anilines is 1. The molecule has 0 unspecified atom stereocenters. The standard InChI is InChI=1S/C13H18FN3O2/c1-16(12-11(19-2)4-3-7-15-12)13(18)17-8-5-10(14)6-9-17/h3-4,7,10H,5-6,8-9H2,1-2H3. The average molecular weight is 267 g/mol. The summed E-state index contributed by atoms with van der Waals surface area (Å²) in [6, 6.07) is 3.32. The van der Waals surface area contributed by atoms with Crippen LogP contribution >= 0.6 is 0 Å². The van der Waals surface area contributed by atoms with Crippen LogP contribution in [-0.4, -0.2) is 49.3 Å². The van der Waals surface area contributed by atoms with Gasteiger partial charge in [-0.05, 0) is 25.0 Å². The van der Waals surface area contributed by atoms with E-state index in [9.17, 15) is 9.18 Å². The molecule has 0 spiro atoms. The number of urea groups is 1. The van der Waals surface area contributed by atoms with Crippen LogP contribution in [0.1, 0.15) is 12.8 Å². The fraction of sp³-hybridized carbons (Fsp3) is 0.538. The Balaban J connectivity index is 2.10. The van der Waals surface area contributed by atoms with E-state index in [0.717, 1.165) is 0 Å². The largest absolute Gasteiger partial charge is 0.493 e. The van der Waals surface area contributed by atoms with Gasteiger partial charge in [-0.1, -0.05) is 0 Å². The number of nitrogens with zero attached hydrogens (tertiary/aromatic N) is 3. The Morgan fingerprint density at radius 2 is 2.21 bits per heavy atom. The molecule has 2 amide bonds. The van der Waals surface area contributed by atoms with Crippen LogP contribution in [0.5, 0.6) is 5.75 Å². The maximum atomic E-state index is 13.1. The van der Waals surface area contributed by atoms with Gasteiger partial charge in [0.25, 0.3) is 0 Å². The molecule has 1 aliphatic heterocycles. The second kappa shape index (κ2) is 5.86. The molecule has 1 saturated heterocycles. The van der Waals surface area contributed by atoms with Crippen molar-refractivity contribution in [3.63, 3.8) is 0 Å². The number of carbonyl (C=O) groups excluding carboxylic acids is 1. The molecule has 1 aliphatic rings. The van der Waals surface area contributed by atoms with Crippen molar-refractivity contribution in [2.75, 3.05) is 32.1 Å². The minimum atomic E-state index is -0.793. The van der Waals surface area contributed by atoms with Crippen molar-refractivity contribution in [2.24, 2.45) is 0 Å². The molecule has 0 saturated carbocycles. The van der Waals surface area contributed by atoms with Gasteiger partial charge >= 0.3 is 6.03 Å². The number of alkyl halides is 1. The molecule has 0 aromatic carbocycles. The van der Waals surface area contributed by atoms with Crippen molar-refractivity contribution >= 4 is 11.8 Å². The highest BCUT2D eigenvalue weighted by Gasteiger charge is 2.26. The Kier molecular flexibility index (Phi) is 4.19. The smallest absolute Gasteiger partial charge is 0.325 e. The molecule has 2 rings (SSSR count). The number of rotatable bonds is 2. The van der Waals surface area contributed by atoms with E-state index in [-0.39, 0.29) is 6.03 Å². The molecule has 0 atom stereocenters. The average Bonchev–Trinajstić information content (AvgIpc) is 2.46. The maximum absolute atomic E-state index is 13.1. The molecule has 0 radical (unpaired) electrons. The Bertz CT molecular complexity index is 447. The zero-order chi connectivity index (χ0) is 13.8. The summed E-state index contributed by atoms with van der Waals surface area (Å²) in [5.41, 5.74) is 0. The van der Waals surface area contributed by atoms with Crippen LogP contribution in [0, 0.1) is 0 Å². The zero-order valence-electron chi connectivity index (χ0n) is 11.2. The van der Waals surface area contributed by atoms with E-state index in [1.807, 2.05) is 0 Å². The number of likely N-dealkylation sites (tertiary alicyclic amines) is 1. The first-order chi connectivity index (χ1) is 9.13. The van der Waals surface area contributed by atoms with Gasteiger partial charge in [-0.3, -0.25) is 4.90 Å². The van der Waals surface area contributed by atoms with E-state index in [2.05, 4.69) is 4.98 Å². The molecule has 5 nitrogen and oxygen atoms in total. The maximum Gasteiger partial charge on any atom is 0.325 e. The van der Waals surface area contributed by atoms with Crippen LogP contribution in [0.25, 0.3) is 0 Å². The van der Waals surface area contributed by atoms with Gasteiger partial charge in [0.15, 0.2) is 11.6 Å². The Morgan fingerprint density at radius 3 is 2.84 bits per heavy atom. The SMILES string of the molecule is COc1cccnc1N(C)C(=O)N1CCC(F)CC1. The topological polar surface area (TPSA) is 45.7 Å². The van der Waals surface area contributed by atoms with Crippen molar-refractivity contribution < 1.29 is 13.9 Å². The van der Waals surface area contributed by atoms with Gasteiger partial charge in [0.1, 0.15) is 6.17 Å². The molecule has 0 bridgehead atoms. The van der Waals surface area contributed by atoms with Gasteiger partial charge in [0.05, 0.1) is 7.11 Å². The normalized spacial score (nSPS) is 16.3. The van der Waals surface area contributed by atoms with E-state index < -0.39 is 6.17 Å². The Morgan fingerprint density at radius 1 is 1.53 bits per heavy atom. The summed E-state index contributed by atoms with van der Waals surface area (Å²) >= 11 is 0. The number of amides is 2. The number of piperidine rings is 1. The quantitative estimate of drug-likeness (QED) is 0.824. The minimum absolute atomic E-state index is 0.177. The molecule has 1 aromatic rings. The molecule has 104 valence electrons. The van der Waals surface area contributed by atoms with Crippen LogP contribution in [0.4, 0.5) is 15.0 Å². The lowest BCUT2D eigenvalue weighted by molar-refractivity contribution is 0.158. The first-order valence-corrected chi connectivity index (χ1v) is 6.29. The third-order valence-corrected chi connectivity index (χ3v) is 3.27. The highest BCUT2D eigenvalue weighted by Crippen LogP contribution is 2.25. The predicted molar refractivity (Wildman–Crippen MR) is 70.3 cm³/mol. The molecule has 19 heavy (non-hydrogen) atoms. The molecule has 1 aromatic heterocycles. The number of aromatic nitrogens is 1. The van der Waals surface area contributed by atoms with Crippen LogP contribution in [0.15, 0.2) is 18.3 Å². The molecule has 1 fully saturated rings. The lowest BCUT2D eigenvalue weighted by Gasteiger charge is -2.32. The number of methoxy groups -OCH3 is 1. The zero-order valence-corrected chi connectivity index (χ0v) is 11.2. The first-order valence-electron chi connectivity index (χ1n) is 6.29. The minimum Gasteiger partial charge on any atom is -0.493 e. The number of halogens is 1. The van der Waals surface area contributed by atoms with E-state index in [4.69, 9.17) is 4.74 Å². The summed E-state index contributed by atoms with van der Waals surface area (Å²) in [5, 5.41) is 0. The van der Waals surface area contributed by atoms with Crippen LogP contribution < -0.4 is 9.64 Å². The summed E-state index contributed by atoms with van der Waals surface area (Å²) in [6.45, 7) is 0.888. The lowest BCUT2D eigenvalue weighted by Crippen LogP contribution is -2.46. The van der Waals surface area contributed by atoms with Crippen LogP contribution in [-0.2, 0) is 0 Å². The van der Waals surface area contributed by atoms with Crippen molar-refractivity contribution in [1.82, 2.24) is 9.88 Å². The first kappa shape index (κ1) is 13.6. The van der Waals surface area contributed by atoms with Crippen molar-refractivity contribution in [2.45, 2.75) is 19.0 Å². The third-order valence-electron chi connectivity index (χ3n) is 3.27. The Hall–Kier alpha value is -1.85. The van der Waals surface area contributed by atoms with Gasteiger partial charge in [-0.15, -0.1) is 0 Å². The van der Waals surface area contributed by atoms with Gasteiger partial charge in [0, 0.05) is 26.3 Å². The second-order valence-corrected chi connectivity index (χ2v) is 4.53. The van der Waals surface area contributed by atoms with Gasteiger partial charge < -0.3 is 9.64 Å². The van der Waals surface area contributed by atoms with Gasteiger partial charge in [-0.25, -0.2) is 14.2 Å². The highest BCUT2D eigenvalue weighted by atomic mass is 19.1. The van der Waals surface area contributed by atoms with Crippen LogP contribution in [0.2, 0.25) is 0 Å². The summed E-state index contributed by atoms with van der Waals surface area (Å²) < 4.78 is 18.3. The molecular weight excluding hydrogens is 249 g/mol. The molecule has 0 aliphatic carbocycles. The molecule has 0 N–H and O–H groups in total. The summed E-state index contributed by atoms with van der Waals surface area (Å²) in [5.74, 6) is 1.01.